The van der Waals surface area contributed by atoms with Gasteiger partial charge >= 0.3 is 0 Å². The summed E-state index contributed by atoms with van der Waals surface area (Å²) >= 11 is 0. The van der Waals surface area contributed by atoms with Gasteiger partial charge in [-0.15, -0.1) is 0 Å². The lowest BCUT2D eigenvalue weighted by molar-refractivity contribution is 0.438. The van der Waals surface area contributed by atoms with Crippen molar-refractivity contribution >= 4 is 122 Å². The van der Waals surface area contributed by atoms with Crippen LogP contribution in [0.15, 0.2) is 352 Å². The zero-order chi connectivity index (χ0) is 64.3. The van der Waals surface area contributed by atoms with Crippen molar-refractivity contribution in [2.45, 2.75) is 17.8 Å². The molecule has 0 fully saturated rings. The van der Waals surface area contributed by atoms with Crippen LogP contribution in [-0.4, -0.2) is 0 Å². The van der Waals surface area contributed by atoms with Gasteiger partial charge in [0, 0.05) is 33.7 Å². The van der Waals surface area contributed by atoms with E-state index in [9.17, 15) is 0 Å². The zero-order valence-electron chi connectivity index (χ0n) is 53.7. The van der Waals surface area contributed by atoms with E-state index in [1.165, 1.54) is 126 Å². The van der Waals surface area contributed by atoms with Gasteiger partial charge in [0.05, 0.1) is 22.2 Å². The van der Waals surface area contributed by atoms with Gasteiger partial charge in [0.2, 0.25) is 0 Å². The molecular formula is C95H64N2. The molecule has 0 saturated heterocycles. The molecule has 454 valence electrons. The average molecular weight is 1230 g/mol. The van der Waals surface area contributed by atoms with Gasteiger partial charge < -0.3 is 9.80 Å². The Bertz CT molecular complexity index is 6110. The Hall–Kier alpha value is -12.4. The summed E-state index contributed by atoms with van der Waals surface area (Å²) in [6.45, 7) is 7.08. The highest BCUT2D eigenvalue weighted by Gasteiger charge is 2.65. The number of hydrogen-bond acceptors (Lipinski definition) is 2. The average Bonchev–Trinajstić information content (AvgIpc) is 1.48. The number of hydrogen-bond donors (Lipinski definition) is 0. The second kappa shape index (κ2) is 22.1. The van der Waals surface area contributed by atoms with Crippen LogP contribution in [-0.2, 0) is 10.8 Å². The molecule has 0 amide bonds. The van der Waals surface area contributed by atoms with Gasteiger partial charge in [-0.1, -0.05) is 304 Å². The molecule has 17 aromatic carbocycles. The molecule has 0 heterocycles. The monoisotopic (exact) mass is 1230 g/mol. The van der Waals surface area contributed by atoms with Crippen LogP contribution in [0, 0.1) is 0 Å². The Kier molecular flexibility index (Phi) is 12.8. The van der Waals surface area contributed by atoms with Gasteiger partial charge in [-0.2, -0.15) is 0 Å². The third-order valence-electron chi connectivity index (χ3n) is 21.4. The molecule has 0 N–H and O–H groups in total. The first-order valence-corrected chi connectivity index (χ1v) is 33.8. The van der Waals surface area contributed by atoms with Gasteiger partial charge in [-0.3, -0.25) is 0 Å². The van der Waals surface area contributed by atoms with Crippen LogP contribution < -0.4 is 9.80 Å². The number of benzene rings is 17. The molecule has 2 heteroatoms. The highest BCUT2D eigenvalue weighted by atomic mass is 15.2. The molecular weight excluding hydrogens is 1170 g/mol. The third-order valence-corrected chi connectivity index (χ3v) is 21.4. The molecule has 19 rings (SSSR count). The number of nitrogens with zero attached hydrogens (tertiary/aromatic N) is 2. The van der Waals surface area contributed by atoms with E-state index in [1.807, 2.05) is 0 Å². The molecule has 0 saturated carbocycles. The molecule has 97 heavy (non-hydrogen) atoms. The Balaban J connectivity index is 1.03. The van der Waals surface area contributed by atoms with Crippen molar-refractivity contribution < 1.29 is 0 Å². The van der Waals surface area contributed by atoms with Crippen molar-refractivity contribution in [3.63, 3.8) is 0 Å². The van der Waals surface area contributed by atoms with Gasteiger partial charge in [-0.05, 0) is 199 Å². The van der Waals surface area contributed by atoms with Crippen molar-refractivity contribution in [1.29, 1.82) is 0 Å². The van der Waals surface area contributed by atoms with Crippen molar-refractivity contribution in [3.05, 3.63) is 397 Å². The van der Waals surface area contributed by atoms with E-state index >= 15 is 0 Å². The molecule has 0 spiro atoms. The van der Waals surface area contributed by atoms with E-state index in [-0.39, 0.29) is 0 Å². The normalized spacial score (nSPS) is 15.4. The van der Waals surface area contributed by atoms with Crippen LogP contribution in [0.3, 0.4) is 0 Å². The van der Waals surface area contributed by atoms with Crippen LogP contribution in [0.4, 0.5) is 34.1 Å². The molecule has 0 aliphatic heterocycles. The number of fused-ring (bicyclic) bond motifs is 18. The van der Waals surface area contributed by atoms with Crippen molar-refractivity contribution in [3.8, 4) is 22.3 Å². The fraction of sp³-hybridized carbons (Fsp3) is 0.0316. The standard InChI is InChI=1S/C95H64N2/c1-3-27-79-74(4-2)90-86(60-88(79)96(70-36-13-7-14-37-70)72-54-50-66-48-46-62-28-17-21-40-75(62)82(66)58-72)94(68-32-9-5-10-33-68,84-56-52-64-30-19-23-42-77(64)91(84)90)95(69-34-11-6-12-35-69)85-57-53-65-31-20-24-43-78(65)92(85)93-81-45-26-25-44-80(81)89(61-87(93)95)97(71-38-15-8-16-39-71)73-55-51-67-49-47-63-29-18-22-41-76(63)83(67)59-73/h3-61H,2H2,1H3/b27-3-. The topological polar surface area (TPSA) is 6.48 Å². The maximum absolute atomic E-state index is 4.93. The Morgan fingerprint density at radius 1 is 0.258 bits per heavy atom. The molecule has 0 radical (unpaired) electrons. The lowest BCUT2D eigenvalue weighted by Crippen LogP contribution is -2.50. The molecule has 0 bridgehead atoms. The van der Waals surface area contributed by atoms with E-state index in [0.717, 1.165) is 50.6 Å². The summed E-state index contributed by atoms with van der Waals surface area (Å²) in [5, 5.41) is 16.8. The summed E-state index contributed by atoms with van der Waals surface area (Å²) in [4.78, 5) is 5.07. The van der Waals surface area contributed by atoms with Gasteiger partial charge in [0.25, 0.3) is 0 Å². The number of anilines is 6. The SMILES string of the molecule is C=Cc1c(/C=C\C)c(N(c2ccccc2)c2ccc3ccc4ccccc4c3c2)cc2c1-c1c(ccc3ccccc13)C2(c1ccccc1)C1(c2ccccc2)c2ccc3ccccc3c2-c2c1cc(N(c1ccccc1)c1ccc3ccc4ccccc4c3c1)c1ccccc21. The van der Waals surface area contributed by atoms with Gasteiger partial charge in [-0.25, -0.2) is 0 Å². The van der Waals surface area contributed by atoms with E-state index < -0.39 is 10.8 Å². The predicted molar refractivity (Wildman–Crippen MR) is 413 cm³/mol. The highest BCUT2D eigenvalue weighted by Crippen LogP contribution is 2.73. The molecule has 2 atom stereocenters. The summed E-state index contributed by atoms with van der Waals surface area (Å²) in [6, 6.07) is 129. The Morgan fingerprint density at radius 3 is 1.07 bits per heavy atom. The van der Waals surface area contributed by atoms with Crippen LogP contribution in [0.5, 0.6) is 0 Å². The smallest absolute Gasteiger partial charge is 0.0642 e. The number of para-hydroxylation sites is 2. The second-order valence-electron chi connectivity index (χ2n) is 26.1. The van der Waals surface area contributed by atoms with Gasteiger partial charge in [0.1, 0.15) is 0 Å². The van der Waals surface area contributed by atoms with E-state index in [1.54, 1.807) is 0 Å². The first kappa shape index (κ1) is 56.2. The lowest BCUT2D eigenvalue weighted by Gasteiger charge is -2.51. The van der Waals surface area contributed by atoms with Crippen molar-refractivity contribution in [2.75, 3.05) is 9.80 Å². The summed E-state index contributed by atoms with van der Waals surface area (Å²) in [5.74, 6) is 0. The number of allylic oxidation sites excluding steroid dienone is 1. The van der Waals surface area contributed by atoms with Crippen LogP contribution in [0.1, 0.15) is 51.4 Å². The third kappa shape index (κ3) is 8.08. The first-order valence-electron chi connectivity index (χ1n) is 33.8. The van der Waals surface area contributed by atoms with Crippen molar-refractivity contribution in [2.24, 2.45) is 0 Å². The molecule has 2 unspecified atom stereocenters. The molecule has 0 aromatic heterocycles. The Labute approximate surface area is 564 Å². The van der Waals surface area contributed by atoms with Crippen LogP contribution >= 0.6 is 0 Å². The first-order chi connectivity index (χ1) is 48.1. The molecule has 2 nitrogen and oxygen atoms in total. The minimum Gasteiger partial charge on any atom is -0.310 e. The second-order valence-corrected chi connectivity index (χ2v) is 26.1. The summed E-state index contributed by atoms with van der Waals surface area (Å²) in [6.07, 6.45) is 6.70. The number of rotatable bonds is 11. The molecule has 2 aliphatic carbocycles. The largest absolute Gasteiger partial charge is 0.310 e. The highest BCUT2D eigenvalue weighted by molar-refractivity contribution is 6.19. The summed E-state index contributed by atoms with van der Waals surface area (Å²) in [7, 11) is 0. The lowest BCUT2D eigenvalue weighted by atomic mass is 9.49. The van der Waals surface area contributed by atoms with E-state index in [2.05, 4.69) is 375 Å². The fourth-order valence-electron chi connectivity index (χ4n) is 17.6. The summed E-state index contributed by atoms with van der Waals surface area (Å²) < 4.78 is 0. The Morgan fingerprint density at radius 2 is 0.598 bits per heavy atom. The minimum atomic E-state index is -1.06. The maximum Gasteiger partial charge on any atom is 0.0642 e. The minimum absolute atomic E-state index is 1.05. The quantitative estimate of drug-likeness (QED) is 0.119. The van der Waals surface area contributed by atoms with Crippen LogP contribution in [0.25, 0.3) is 110 Å². The molecule has 17 aromatic rings. The fourth-order valence-corrected chi connectivity index (χ4v) is 17.6. The maximum atomic E-state index is 4.93. The predicted octanol–water partition coefficient (Wildman–Crippen LogP) is 25.7. The zero-order valence-corrected chi connectivity index (χ0v) is 53.7. The van der Waals surface area contributed by atoms with Crippen molar-refractivity contribution in [1.82, 2.24) is 0 Å². The van der Waals surface area contributed by atoms with Crippen LogP contribution in [0.2, 0.25) is 0 Å². The summed E-state index contributed by atoms with van der Waals surface area (Å²) in [5.41, 5.74) is 18.6. The van der Waals surface area contributed by atoms with E-state index in [0.29, 0.717) is 0 Å². The van der Waals surface area contributed by atoms with Gasteiger partial charge in [0.15, 0.2) is 0 Å². The van der Waals surface area contributed by atoms with E-state index in [4.69, 9.17) is 6.58 Å². The molecule has 2 aliphatic rings.